The third-order valence-electron chi connectivity index (χ3n) is 9.84. The van der Waals surface area contributed by atoms with E-state index in [1.165, 1.54) is 26.6 Å². The van der Waals surface area contributed by atoms with Crippen molar-refractivity contribution in [1.29, 1.82) is 0 Å². The highest BCUT2D eigenvalue weighted by Gasteiger charge is 2.33. The summed E-state index contributed by atoms with van der Waals surface area (Å²) in [5.74, 6) is -0.390. The van der Waals surface area contributed by atoms with Crippen molar-refractivity contribution in [1.82, 2.24) is 38.6 Å². The number of carbonyl (C=O) groups is 2. The molecule has 14 nitrogen and oxygen atoms in total. The molecule has 3 aromatic rings. The molecule has 3 aliphatic rings. The van der Waals surface area contributed by atoms with Crippen molar-refractivity contribution in [3.63, 3.8) is 0 Å². The molecule has 0 spiro atoms. The van der Waals surface area contributed by atoms with E-state index in [0.29, 0.717) is 51.2 Å². The molecule has 0 radical (unpaired) electrons. The Morgan fingerprint density at radius 2 is 1.78 bits per heavy atom. The number of carbonyl (C=O) groups excluding carboxylic acids is 2. The van der Waals surface area contributed by atoms with Crippen LogP contribution in [-0.4, -0.2) is 112 Å². The molecule has 2 amide bonds. The van der Waals surface area contributed by atoms with Gasteiger partial charge >= 0.3 is 6.61 Å². The van der Waals surface area contributed by atoms with Crippen LogP contribution in [-0.2, 0) is 26.8 Å². The number of benzene rings is 1. The number of halogens is 2. The van der Waals surface area contributed by atoms with Gasteiger partial charge in [-0.05, 0) is 75.7 Å². The predicted octanol–water partition coefficient (Wildman–Crippen LogP) is 2.81. The van der Waals surface area contributed by atoms with Crippen molar-refractivity contribution in [2.45, 2.75) is 69.4 Å². The van der Waals surface area contributed by atoms with Crippen molar-refractivity contribution in [2.75, 3.05) is 51.6 Å². The number of likely N-dealkylation sites (tertiary alicyclic amines) is 1. The summed E-state index contributed by atoms with van der Waals surface area (Å²) in [4.78, 5) is 34.5. The lowest BCUT2D eigenvalue weighted by Gasteiger charge is -2.35. The van der Waals surface area contributed by atoms with Crippen LogP contribution in [0.5, 0.6) is 5.75 Å². The number of nitrogens with zero attached hydrogens (tertiary/aromatic N) is 7. The summed E-state index contributed by atoms with van der Waals surface area (Å²) in [5, 5.41) is 11.2. The van der Waals surface area contributed by atoms with Crippen LogP contribution in [0.3, 0.4) is 0 Å². The van der Waals surface area contributed by atoms with E-state index in [0.717, 1.165) is 55.5 Å². The van der Waals surface area contributed by atoms with Gasteiger partial charge in [-0.15, -0.1) is 0 Å². The highest BCUT2D eigenvalue weighted by atomic mass is 32.2. The van der Waals surface area contributed by atoms with Gasteiger partial charge in [0.25, 0.3) is 10.2 Å². The Morgan fingerprint density at radius 3 is 2.45 bits per heavy atom. The van der Waals surface area contributed by atoms with Gasteiger partial charge < -0.3 is 15.0 Å². The second-order valence-corrected chi connectivity index (χ2v) is 15.1. The molecule has 0 saturated carbocycles. The van der Waals surface area contributed by atoms with Crippen molar-refractivity contribution < 1.29 is 31.5 Å². The van der Waals surface area contributed by atoms with Crippen LogP contribution in [0.15, 0.2) is 30.6 Å². The summed E-state index contributed by atoms with van der Waals surface area (Å²) in [6.45, 7) is 0.859. The average Bonchev–Trinajstić information content (AvgIpc) is 3.41. The third kappa shape index (κ3) is 8.16. The highest BCUT2D eigenvalue weighted by molar-refractivity contribution is 7.86. The van der Waals surface area contributed by atoms with Crippen LogP contribution in [0.4, 0.5) is 14.7 Å². The Balaban J connectivity index is 0.931. The van der Waals surface area contributed by atoms with Crippen LogP contribution < -0.4 is 15.4 Å². The largest absolute Gasteiger partial charge is 0.432 e. The van der Waals surface area contributed by atoms with Crippen molar-refractivity contribution in [3.8, 4) is 5.75 Å². The van der Waals surface area contributed by atoms with Crippen LogP contribution in [0.1, 0.15) is 68.0 Å². The Morgan fingerprint density at radius 1 is 1.06 bits per heavy atom. The van der Waals surface area contributed by atoms with Gasteiger partial charge in [-0.3, -0.25) is 19.6 Å². The van der Waals surface area contributed by atoms with E-state index >= 15 is 0 Å². The molecule has 3 fully saturated rings. The van der Waals surface area contributed by atoms with Gasteiger partial charge in [0.15, 0.2) is 5.75 Å². The fourth-order valence-electron chi connectivity index (χ4n) is 7.06. The molecule has 266 valence electrons. The Labute approximate surface area is 284 Å². The number of ether oxygens (including phenoxy) is 1. The summed E-state index contributed by atoms with van der Waals surface area (Å²) in [7, 11) is -0.0845. The molecule has 6 rings (SSSR count). The van der Waals surface area contributed by atoms with E-state index < -0.39 is 22.7 Å². The Bertz CT molecular complexity index is 1740. The monoisotopic (exact) mass is 703 g/mol. The minimum Gasteiger partial charge on any atom is -0.432 e. The zero-order valence-corrected chi connectivity index (χ0v) is 28.5. The standard InChI is InChI=1S/C32H43F2N9O5S/c1-40(49(46,47)43-16-10-23(11-17-43)37-32-35-19-24(20-36-32)48-31(33)34)12-3-13-42-14-8-21(9-15-42)22-4-5-25-27(18-22)41(2)39-29(25)26-6-7-28(44)38-30(26)45/h4-5,18-21,23,26,31H,3,6-17H2,1-2H3,(H,35,36,37)(H,38,44,45). The smallest absolute Gasteiger partial charge is 0.387 e. The van der Waals surface area contributed by atoms with Gasteiger partial charge in [0, 0.05) is 51.6 Å². The van der Waals surface area contributed by atoms with Crippen molar-refractivity contribution in [3.05, 3.63) is 41.9 Å². The van der Waals surface area contributed by atoms with Gasteiger partial charge in [-0.2, -0.15) is 30.9 Å². The molecular formula is C32H43F2N9O5S. The second-order valence-electron chi connectivity index (χ2n) is 13.0. The van der Waals surface area contributed by atoms with Gasteiger partial charge in [-0.1, -0.05) is 12.1 Å². The first-order chi connectivity index (χ1) is 23.5. The topological polar surface area (TPSA) is 155 Å². The molecule has 0 bridgehead atoms. The Kier molecular flexibility index (Phi) is 10.7. The van der Waals surface area contributed by atoms with E-state index in [-0.39, 0.29) is 29.6 Å². The fourth-order valence-corrected chi connectivity index (χ4v) is 8.48. The van der Waals surface area contributed by atoms with Gasteiger partial charge in [-0.25, -0.2) is 9.97 Å². The van der Waals surface area contributed by atoms with E-state index in [2.05, 4.69) is 53.5 Å². The Hall–Kier alpha value is -3.80. The lowest BCUT2D eigenvalue weighted by molar-refractivity contribution is -0.134. The number of hydrogen-bond donors (Lipinski definition) is 2. The number of amides is 2. The third-order valence-corrected chi connectivity index (χ3v) is 11.8. The molecule has 1 aromatic carbocycles. The number of piperidine rings is 3. The molecular weight excluding hydrogens is 660 g/mol. The lowest BCUT2D eigenvalue weighted by Crippen LogP contribution is -2.48. The first kappa shape index (κ1) is 35.0. The first-order valence-electron chi connectivity index (χ1n) is 16.8. The summed E-state index contributed by atoms with van der Waals surface area (Å²) in [6, 6.07) is 6.33. The minimum atomic E-state index is -3.60. The highest BCUT2D eigenvalue weighted by Crippen LogP contribution is 2.34. The molecule has 2 N–H and O–H groups in total. The molecule has 5 heterocycles. The zero-order valence-electron chi connectivity index (χ0n) is 27.7. The van der Waals surface area contributed by atoms with Gasteiger partial charge in [0.1, 0.15) is 0 Å². The zero-order chi connectivity index (χ0) is 34.7. The van der Waals surface area contributed by atoms with Gasteiger partial charge in [0.2, 0.25) is 17.8 Å². The van der Waals surface area contributed by atoms with E-state index in [1.54, 1.807) is 7.05 Å². The number of anilines is 1. The number of hydrogen-bond acceptors (Lipinski definition) is 10. The predicted molar refractivity (Wildman–Crippen MR) is 177 cm³/mol. The number of fused-ring (bicyclic) bond motifs is 1. The van der Waals surface area contributed by atoms with Crippen LogP contribution in [0.25, 0.3) is 10.9 Å². The van der Waals surface area contributed by atoms with Crippen LogP contribution >= 0.6 is 0 Å². The second kappa shape index (κ2) is 15.0. The molecule has 3 aliphatic heterocycles. The molecule has 49 heavy (non-hydrogen) atoms. The molecule has 2 aromatic heterocycles. The lowest BCUT2D eigenvalue weighted by atomic mass is 9.88. The van der Waals surface area contributed by atoms with Crippen LogP contribution in [0, 0.1) is 0 Å². The number of imide groups is 1. The minimum absolute atomic E-state index is 0.0390. The maximum absolute atomic E-state index is 13.3. The summed E-state index contributed by atoms with van der Waals surface area (Å²) in [6.07, 6.45) is 6.98. The summed E-state index contributed by atoms with van der Waals surface area (Å²) in [5.41, 5.74) is 2.95. The number of rotatable bonds is 12. The number of aryl methyl sites for hydroxylation is 1. The number of alkyl halides is 2. The maximum Gasteiger partial charge on any atom is 0.387 e. The van der Waals surface area contributed by atoms with E-state index in [9.17, 15) is 26.8 Å². The quantitative estimate of drug-likeness (QED) is 0.269. The van der Waals surface area contributed by atoms with Crippen LogP contribution in [0.2, 0.25) is 0 Å². The molecule has 1 unspecified atom stereocenters. The van der Waals surface area contributed by atoms with Crippen molar-refractivity contribution in [2.24, 2.45) is 7.05 Å². The normalized spacial score (nSPS) is 20.7. The molecule has 0 aliphatic carbocycles. The number of nitrogens with one attached hydrogen (secondary N) is 2. The maximum atomic E-state index is 13.3. The summed E-state index contributed by atoms with van der Waals surface area (Å²) >= 11 is 0. The summed E-state index contributed by atoms with van der Waals surface area (Å²) < 4.78 is 60.3. The van der Waals surface area contributed by atoms with Crippen molar-refractivity contribution >= 4 is 38.9 Å². The van der Waals surface area contributed by atoms with Gasteiger partial charge in [0.05, 0.1) is 29.5 Å². The first-order valence-corrected chi connectivity index (χ1v) is 18.1. The average molecular weight is 704 g/mol. The SMILES string of the molecule is CN(CCCN1CCC(c2ccc3c(C4CCC(=O)NC4=O)nn(C)c3c2)CC1)S(=O)(=O)N1CCC(Nc2ncc(OC(F)F)cn2)CC1. The molecule has 17 heteroatoms. The molecule has 3 saturated heterocycles. The molecule has 1 atom stereocenters. The van der Waals surface area contributed by atoms with E-state index in [1.807, 2.05) is 11.7 Å². The van der Waals surface area contributed by atoms with E-state index in [4.69, 9.17) is 0 Å². The number of aromatic nitrogens is 4. The fraction of sp³-hybridized carbons (Fsp3) is 0.594.